The van der Waals surface area contributed by atoms with Gasteiger partial charge in [-0.25, -0.2) is 0 Å². The number of likely N-dealkylation sites (tertiary alicyclic amines) is 1. The molecule has 0 spiro atoms. The van der Waals surface area contributed by atoms with Crippen molar-refractivity contribution in [3.05, 3.63) is 53.3 Å². The second-order valence-corrected chi connectivity index (χ2v) is 9.11. The summed E-state index contributed by atoms with van der Waals surface area (Å²) in [4.78, 5) is 27.6. The summed E-state index contributed by atoms with van der Waals surface area (Å²) >= 11 is 0. The average Bonchev–Trinajstić information content (AvgIpc) is 3.44. The molecular weight excluding hydrogens is 350 g/mol. The Morgan fingerprint density at radius 3 is 2.21 bits per heavy atom. The number of benzene rings is 1. The van der Waals surface area contributed by atoms with E-state index >= 15 is 0 Å². The molecule has 1 amide bonds. The van der Waals surface area contributed by atoms with Crippen LogP contribution in [0.2, 0.25) is 0 Å². The minimum atomic E-state index is -0.133. The van der Waals surface area contributed by atoms with E-state index in [1.54, 1.807) is 0 Å². The van der Waals surface area contributed by atoms with Crippen molar-refractivity contribution in [3.8, 4) is 0 Å². The Kier molecular flexibility index (Phi) is 4.86. The molecule has 4 rings (SSSR count). The molecule has 0 bridgehead atoms. The van der Waals surface area contributed by atoms with Gasteiger partial charge in [0.1, 0.15) is 0 Å². The number of nitrogens with zero attached hydrogens (tertiary/aromatic N) is 3. The Balaban J connectivity index is 1.44. The highest BCUT2D eigenvalue weighted by Crippen LogP contribution is 2.42. The first-order chi connectivity index (χ1) is 13.3. The van der Waals surface area contributed by atoms with Gasteiger partial charge >= 0.3 is 0 Å². The summed E-state index contributed by atoms with van der Waals surface area (Å²) in [5.74, 6) is 0.736. The monoisotopic (exact) mass is 379 g/mol. The second kappa shape index (κ2) is 7.19. The zero-order valence-corrected chi connectivity index (χ0v) is 17.0. The van der Waals surface area contributed by atoms with Gasteiger partial charge in [0.15, 0.2) is 11.5 Å². The minimum absolute atomic E-state index is 0.000563. The highest BCUT2D eigenvalue weighted by Gasteiger charge is 2.34. The molecule has 0 atom stereocenters. The van der Waals surface area contributed by atoms with Gasteiger partial charge < -0.3 is 4.90 Å². The SMILES string of the molecule is CC(C)(C)n1nc(C(=O)N2CCC(C(=O)c3ccccc3)CC2)cc1C1CC1. The van der Waals surface area contributed by atoms with Crippen LogP contribution >= 0.6 is 0 Å². The molecule has 1 aromatic carbocycles. The number of hydrogen-bond donors (Lipinski definition) is 0. The number of carbonyl (C=O) groups excluding carboxylic acids is 2. The molecule has 148 valence electrons. The van der Waals surface area contributed by atoms with E-state index in [1.165, 1.54) is 18.5 Å². The van der Waals surface area contributed by atoms with Crippen molar-refractivity contribution in [2.45, 2.75) is 57.9 Å². The molecule has 2 aromatic rings. The molecule has 1 saturated carbocycles. The van der Waals surface area contributed by atoms with Crippen molar-refractivity contribution in [2.24, 2.45) is 5.92 Å². The number of ketones is 1. The van der Waals surface area contributed by atoms with Crippen molar-refractivity contribution < 1.29 is 9.59 Å². The van der Waals surface area contributed by atoms with E-state index in [1.807, 2.05) is 46.0 Å². The Morgan fingerprint density at radius 2 is 1.64 bits per heavy atom. The Bertz CT molecular complexity index is 867. The number of Topliss-reactive ketones (excluding diaryl/α,β-unsaturated/α-hetero) is 1. The zero-order valence-electron chi connectivity index (χ0n) is 17.0. The van der Waals surface area contributed by atoms with Gasteiger partial charge in [-0.3, -0.25) is 14.3 Å². The molecule has 1 saturated heterocycles. The first-order valence-electron chi connectivity index (χ1n) is 10.3. The van der Waals surface area contributed by atoms with Crippen LogP contribution < -0.4 is 0 Å². The van der Waals surface area contributed by atoms with Gasteiger partial charge in [0, 0.05) is 36.2 Å². The molecule has 2 aliphatic rings. The molecule has 28 heavy (non-hydrogen) atoms. The average molecular weight is 380 g/mol. The molecule has 2 fully saturated rings. The van der Waals surface area contributed by atoms with Gasteiger partial charge in [-0.15, -0.1) is 0 Å². The first kappa shape index (κ1) is 18.9. The normalized spacial score (nSPS) is 18.3. The van der Waals surface area contributed by atoms with Crippen LogP contribution in [0.1, 0.15) is 78.9 Å². The Hall–Kier alpha value is -2.43. The van der Waals surface area contributed by atoms with Crippen molar-refractivity contribution >= 4 is 11.7 Å². The number of hydrogen-bond acceptors (Lipinski definition) is 3. The van der Waals surface area contributed by atoms with Gasteiger partial charge in [-0.2, -0.15) is 5.10 Å². The second-order valence-electron chi connectivity index (χ2n) is 9.11. The van der Waals surface area contributed by atoms with Gasteiger partial charge in [0.2, 0.25) is 0 Å². The van der Waals surface area contributed by atoms with Crippen LogP contribution in [0.25, 0.3) is 0 Å². The van der Waals surface area contributed by atoms with Gasteiger partial charge in [0.05, 0.1) is 5.54 Å². The summed E-state index contributed by atoms with van der Waals surface area (Å²) in [5, 5.41) is 4.68. The van der Waals surface area contributed by atoms with Gasteiger partial charge in [-0.1, -0.05) is 30.3 Å². The third-order valence-electron chi connectivity index (χ3n) is 5.80. The Morgan fingerprint density at radius 1 is 1.00 bits per heavy atom. The van der Waals surface area contributed by atoms with Crippen LogP contribution in [-0.2, 0) is 5.54 Å². The highest BCUT2D eigenvalue weighted by atomic mass is 16.2. The van der Waals surface area contributed by atoms with Gasteiger partial charge in [0.25, 0.3) is 5.91 Å². The standard InChI is InChI=1S/C23H29N3O2/c1-23(2,3)26-20(16-9-10-16)15-19(24-26)22(28)25-13-11-18(12-14-25)21(27)17-7-5-4-6-8-17/h4-8,15-16,18H,9-14H2,1-3H3. The number of amides is 1. The summed E-state index contributed by atoms with van der Waals surface area (Å²) in [6.45, 7) is 7.61. The lowest BCUT2D eigenvalue weighted by atomic mass is 9.89. The van der Waals surface area contributed by atoms with E-state index in [0.717, 1.165) is 18.4 Å². The van der Waals surface area contributed by atoms with Crippen LogP contribution in [0, 0.1) is 5.92 Å². The summed E-state index contributed by atoms with van der Waals surface area (Å²) < 4.78 is 2.03. The maximum atomic E-state index is 13.0. The first-order valence-corrected chi connectivity index (χ1v) is 10.3. The van der Waals surface area contributed by atoms with Crippen LogP contribution in [0.5, 0.6) is 0 Å². The number of piperidine rings is 1. The third-order valence-corrected chi connectivity index (χ3v) is 5.80. The summed E-state index contributed by atoms with van der Waals surface area (Å²) in [5.41, 5.74) is 2.37. The van der Waals surface area contributed by atoms with E-state index in [4.69, 9.17) is 0 Å². The van der Waals surface area contributed by atoms with Crippen molar-refractivity contribution in [2.75, 3.05) is 13.1 Å². The number of carbonyl (C=O) groups is 2. The molecule has 5 heteroatoms. The van der Waals surface area contributed by atoms with Crippen LogP contribution in [0.3, 0.4) is 0 Å². The number of rotatable bonds is 4. The maximum absolute atomic E-state index is 13.0. The predicted octanol–water partition coefficient (Wildman–Crippen LogP) is 4.25. The minimum Gasteiger partial charge on any atom is -0.337 e. The number of aromatic nitrogens is 2. The molecule has 5 nitrogen and oxygen atoms in total. The fraction of sp³-hybridized carbons (Fsp3) is 0.522. The van der Waals surface area contributed by atoms with Crippen molar-refractivity contribution in [3.63, 3.8) is 0 Å². The van der Waals surface area contributed by atoms with E-state index < -0.39 is 0 Å². The predicted molar refractivity (Wildman–Crippen MR) is 109 cm³/mol. The van der Waals surface area contributed by atoms with Crippen LogP contribution in [-0.4, -0.2) is 39.5 Å². The lowest BCUT2D eigenvalue weighted by Crippen LogP contribution is -2.40. The molecule has 0 radical (unpaired) electrons. The largest absolute Gasteiger partial charge is 0.337 e. The molecular formula is C23H29N3O2. The van der Waals surface area contributed by atoms with E-state index in [2.05, 4.69) is 25.9 Å². The van der Waals surface area contributed by atoms with Gasteiger partial charge in [-0.05, 0) is 52.5 Å². The molecule has 2 heterocycles. The fourth-order valence-corrected chi connectivity index (χ4v) is 4.05. The lowest BCUT2D eigenvalue weighted by molar-refractivity contribution is 0.0644. The molecule has 1 aliphatic heterocycles. The smallest absolute Gasteiger partial charge is 0.274 e. The van der Waals surface area contributed by atoms with E-state index in [9.17, 15) is 9.59 Å². The summed E-state index contributed by atoms with van der Waals surface area (Å²) in [6.07, 6.45) is 3.80. The Labute approximate surface area is 166 Å². The van der Waals surface area contributed by atoms with Crippen LogP contribution in [0.4, 0.5) is 0 Å². The highest BCUT2D eigenvalue weighted by molar-refractivity contribution is 5.98. The molecule has 1 aromatic heterocycles. The molecule has 0 N–H and O–H groups in total. The van der Waals surface area contributed by atoms with Crippen molar-refractivity contribution in [1.82, 2.24) is 14.7 Å². The maximum Gasteiger partial charge on any atom is 0.274 e. The molecule has 1 aliphatic carbocycles. The molecule has 0 unspecified atom stereocenters. The lowest BCUT2D eigenvalue weighted by Gasteiger charge is -2.31. The van der Waals surface area contributed by atoms with E-state index in [-0.39, 0.29) is 23.1 Å². The zero-order chi connectivity index (χ0) is 19.9. The van der Waals surface area contributed by atoms with Crippen LogP contribution in [0.15, 0.2) is 36.4 Å². The van der Waals surface area contributed by atoms with Crippen molar-refractivity contribution in [1.29, 1.82) is 0 Å². The summed E-state index contributed by atoms with van der Waals surface area (Å²) in [6, 6.07) is 11.5. The topological polar surface area (TPSA) is 55.2 Å². The van der Waals surface area contributed by atoms with E-state index in [0.29, 0.717) is 24.7 Å². The third kappa shape index (κ3) is 3.75. The quantitative estimate of drug-likeness (QED) is 0.746. The summed E-state index contributed by atoms with van der Waals surface area (Å²) in [7, 11) is 0. The fourth-order valence-electron chi connectivity index (χ4n) is 4.05.